The van der Waals surface area contributed by atoms with E-state index in [9.17, 15) is 4.39 Å². The Bertz CT molecular complexity index is 513. The predicted octanol–water partition coefficient (Wildman–Crippen LogP) is 4.46. The van der Waals surface area contributed by atoms with Crippen LogP contribution in [0, 0.1) is 5.82 Å². The van der Waals surface area contributed by atoms with Gasteiger partial charge in [-0.3, -0.25) is 0 Å². The fourth-order valence-electron chi connectivity index (χ4n) is 2.01. The van der Waals surface area contributed by atoms with E-state index in [-0.39, 0.29) is 11.9 Å². The maximum atomic E-state index is 13.5. The minimum Gasteiger partial charge on any atom is -0.468 e. The van der Waals surface area contributed by atoms with Gasteiger partial charge in [0.2, 0.25) is 0 Å². The van der Waals surface area contributed by atoms with Crippen molar-refractivity contribution in [3.05, 3.63) is 58.2 Å². The van der Waals surface area contributed by atoms with Crippen molar-refractivity contribution in [2.75, 3.05) is 6.54 Å². The molecule has 2 nitrogen and oxygen atoms in total. The standard InChI is InChI=1S/C15H17BrFNO/c1-2-8-18-13(14-7-4-9-19-14)10-11-5-3-6-12(17)15(11)16/h3-7,9,13,18H,2,8,10H2,1H3. The largest absolute Gasteiger partial charge is 0.468 e. The Morgan fingerprint density at radius 2 is 2.16 bits per heavy atom. The molecule has 0 amide bonds. The summed E-state index contributed by atoms with van der Waals surface area (Å²) < 4.78 is 19.5. The van der Waals surface area contributed by atoms with Crippen molar-refractivity contribution in [1.82, 2.24) is 5.32 Å². The van der Waals surface area contributed by atoms with Crippen molar-refractivity contribution in [3.8, 4) is 0 Å². The SMILES string of the molecule is CCCNC(Cc1cccc(F)c1Br)c1ccco1. The quantitative estimate of drug-likeness (QED) is 0.847. The lowest BCUT2D eigenvalue weighted by Gasteiger charge is -2.17. The van der Waals surface area contributed by atoms with Gasteiger partial charge in [0.15, 0.2) is 0 Å². The van der Waals surface area contributed by atoms with Gasteiger partial charge in [-0.15, -0.1) is 0 Å². The molecule has 19 heavy (non-hydrogen) atoms. The normalized spacial score (nSPS) is 12.6. The van der Waals surface area contributed by atoms with E-state index >= 15 is 0 Å². The van der Waals surface area contributed by atoms with Gasteiger partial charge >= 0.3 is 0 Å². The fraction of sp³-hybridized carbons (Fsp3) is 0.333. The Hall–Kier alpha value is -1.13. The molecule has 0 saturated heterocycles. The summed E-state index contributed by atoms with van der Waals surface area (Å²) >= 11 is 3.31. The zero-order valence-corrected chi connectivity index (χ0v) is 12.4. The van der Waals surface area contributed by atoms with Crippen molar-refractivity contribution in [1.29, 1.82) is 0 Å². The highest BCUT2D eigenvalue weighted by atomic mass is 79.9. The van der Waals surface area contributed by atoms with Gasteiger partial charge in [-0.05, 0) is 59.1 Å². The van der Waals surface area contributed by atoms with Gasteiger partial charge in [-0.1, -0.05) is 19.1 Å². The molecular formula is C15H17BrFNO. The monoisotopic (exact) mass is 325 g/mol. The topological polar surface area (TPSA) is 25.2 Å². The third-order valence-electron chi connectivity index (χ3n) is 2.98. The van der Waals surface area contributed by atoms with Gasteiger partial charge in [0.05, 0.1) is 16.8 Å². The summed E-state index contributed by atoms with van der Waals surface area (Å²) in [5.41, 5.74) is 0.935. The molecule has 1 unspecified atom stereocenters. The molecule has 1 N–H and O–H groups in total. The van der Waals surface area contributed by atoms with E-state index in [4.69, 9.17) is 4.42 Å². The molecule has 0 bridgehead atoms. The molecular weight excluding hydrogens is 309 g/mol. The number of benzene rings is 1. The van der Waals surface area contributed by atoms with E-state index in [1.807, 2.05) is 18.2 Å². The van der Waals surface area contributed by atoms with Crippen LogP contribution >= 0.6 is 15.9 Å². The molecule has 0 spiro atoms. The third-order valence-corrected chi connectivity index (χ3v) is 3.87. The van der Waals surface area contributed by atoms with Crippen LogP contribution in [0.25, 0.3) is 0 Å². The maximum Gasteiger partial charge on any atom is 0.137 e. The van der Waals surface area contributed by atoms with Crippen LogP contribution in [0.4, 0.5) is 4.39 Å². The summed E-state index contributed by atoms with van der Waals surface area (Å²) in [5.74, 6) is 0.649. The van der Waals surface area contributed by atoms with Gasteiger partial charge in [0.25, 0.3) is 0 Å². The van der Waals surface area contributed by atoms with E-state index in [2.05, 4.69) is 28.2 Å². The van der Waals surface area contributed by atoms with Crippen LogP contribution in [0.2, 0.25) is 0 Å². The lowest BCUT2D eigenvalue weighted by Crippen LogP contribution is -2.23. The first kappa shape index (κ1) is 14.3. The van der Waals surface area contributed by atoms with Gasteiger partial charge in [-0.2, -0.15) is 0 Å². The fourth-order valence-corrected chi connectivity index (χ4v) is 2.43. The second-order valence-electron chi connectivity index (χ2n) is 4.44. The number of halogens is 2. The lowest BCUT2D eigenvalue weighted by atomic mass is 10.0. The molecule has 0 aliphatic heterocycles. The average molecular weight is 326 g/mol. The first-order valence-corrected chi connectivity index (χ1v) is 7.21. The molecule has 1 atom stereocenters. The summed E-state index contributed by atoms with van der Waals surface area (Å²) in [6, 6.07) is 8.99. The van der Waals surface area contributed by atoms with Crippen molar-refractivity contribution < 1.29 is 8.81 Å². The zero-order valence-electron chi connectivity index (χ0n) is 10.8. The first-order chi connectivity index (χ1) is 9.22. The highest BCUT2D eigenvalue weighted by molar-refractivity contribution is 9.10. The van der Waals surface area contributed by atoms with E-state index in [1.54, 1.807) is 12.3 Å². The van der Waals surface area contributed by atoms with Crippen molar-refractivity contribution in [2.45, 2.75) is 25.8 Å². The van der Waals surface area contributed by atoms with Crippen LogP contribution in [0.5, 0.6) is 0 Å². The summed E-state index contributed by atoms with van der Waals surface area (Å²) in [6.45, 7) is 3.02. The summed E-state index contributed by atoms with van der Waals surface area (Å²) in [6.07, 6.45) is 3.39. The average Bonchev–Trinajstić information content (AvgIpc) is 2.93. The predicted molar refractivity (Wildman–Crippen MR) is 77.5 cm³/mol. The van der Waals surface area contributed by atoms with Gasteiger partial charge < -0.3 is 9.73 Å². The minimum absolute atomic E-state index is 0.0630. The summed E-state index contributed by atoms with van der Waals surface area (Å²) in [4.78, 5) is 0. The minimum atomic E-state index is -0.230. The molecule has 4 heteroatoms. The second-order valence-corrected chi connectivity index (χ2v) is 5.23. The molecule has 1 aromatic carbocycles. The summed E-state index contributed by atoms with van der Waals surface area (Å²) in [7, 11) is 0. The van der Waals surface area contributed by atoms with Gasteiger partial charge in [0, 0.05) is 0 Å². The molecule has 1 heterocycles. The number of hydrogen-bond acceptors (Lipinski definition) is 2. The maximum absolute atomic E-state index is 13.5. The number of rotatable bonds is 6. The molecule has 0 aliphatic rings. The van der Waals surface area contributed by atoms with Crippen LogP contribution in [0.3, 0.4) is 0 Å². The second kappa shape index (κ2) is 6.87. The van der Waals surface area contributed by atoms with Gasteiger partial charge in [-0.25, -0.2) is 4.39 Å². The highest BCUT2D eigenvalue weighted by Crippen LogP contribution is 2.26. The Morgan fingerprint density at radius 1 is 1.32 bits per heavy atom. The zero-order chi connectivity index (χ0) is 13.7. The highest BCUT2D eigenvalue weighted by Gasteiger charge is 2.16. The van der Waals surface area contributed by atoms with Crippen molar-refractivity contribution >= 4 is 15.9 Å². The van der Waals surface area contributed by atoms with Crippen molar-refractivity contribution in [2.24, 2.45) is 0 Å². The molecule has 0 fully saturated rings. The van der Waals surface area contributed by atoms with Crippen LogP contribution in [0.15, 0.2) is 45.5 Å². The van der Waals surface area contributed by atoms with Crippen LogP contribution in [-0.2, 0) is 6.42 Å². The molecule has 2 aromatic rings. The Labute approximate surface area is 121 Å². The van der Waals surface area contributed by atoms with E-state index in [0.717, 1.165) is 24.3 Å². The molecule has 102 valence electrons. The molecule has 0 radical (unpaired) electrons. The first-order valence-electron chi connectivity index (χ1n) is 6.42. The molecule has 0 saturated carbocycles. The van der Waals surface area contributed by atoms with Gasteiger partial charge in [0.1, 0.15) is 11.6 Å². The summed E-state index contributed by atoms with van der Waals surface area (Å²) in [5, 5.41) is 3.43. The van der Waals surface area contributed by atoms with E-state index < -0.39 is 0 Å². The number of hydrogen-bond donors (Lipinski definition) is 1. The smallest absolute Gasteiger partial charge is 0.137 e. The van der Waals surface area contributed by atoms with Crippen LogP contribution in [-0.4, -0.2) is 6.54 Å². The van der Waals surface area contributed by atoms with Crippen LogP contribution < -0.4 is 5.32 Å². The Kier molecular flexibility index (Phi) is 5.16. The molecule has 0 aliphatic carbocycles. The van der Waals surface area contributed by atoms with Crippen molar-refractivity contribution in [3.63, 3.8) is 0 Å². The van der Waals surface area contributed by atoms with E-state index in [1.165, 1.54) is 6.07 Å². The lowest BCUT2D eigenvalue weighted by molar-refractivity contribution is 0.409. The number of nitrogens with one attached hydrogen (secondary N) is 1. The Morgan fingerprint density at radius 3 is 2.84 bits per heavy atom. The van der Waals surface area contributed by atoms with Crippen LogP contribution in [0.1, 0.15) is 30.7 Å². The Balaban J connectivity index is 2.18. The molecule has 1 aromatic heterocycles. The number of furan rings is 1. The molecule has 2 rings (SSSR count). The third kappa shape index (κ3) is 3.67. The van der Waals surface area contributed by atoms with E-state index in [0.29, 0.717) is 10.9 Å².